The summed E-state index contributed by atoms with van der Waals surface area (Å²) in [6, 6.07) is 2.33. The van der Waals surface area contributed by atoms with Crippen LogP contribution in [0.4, 0.5) is 8.78 Å². The van der Waals surface area contributed by atoms with Gasteiger partial charge in [-0.25, -0.2) is 13.8 Å². The average molecular weight is 251 g/mol. The highest BCUT2D eigenvalue weighted by atomic mass is 35.5. The fourth-order valence-electron chi connectivity index (χ4n) is 0.917. The summed E-state index contributed by atoms with van der Waals surface area (Å²) in [4.78, 5) is 14.1. The third kappa shape index (κ3) is 2.41. The van der Waals surface area contributed by atoms with Crippen LogP contribution in [0.5, 0.6) is 0 Å². The third-order valence-corrected chi connectivity index (χ3v) is 2.04. The molecule has 1 aromatic rings. The Balaban J connectivity index is 3.46. The number of aromatic nitrogens is 1. The lowest BCUT2D eigenvalue weighted by Crippen LogP contribution is -2.02. The van der Waals surface area contributed by atoms with E-state index in [1.54, 1.807) is 0 Å². The van der Waals surface area contributed by atoms with E-state index < -0.39 is 27.9 Å². The molecule has 1 heterocycles. The first-order chi connectivity index (χ1) is 6.97. The molecule has 0 spiro atoms. The summed E-state index contributed by atoms with van der Waals surface area (Å²) in [5.41, 5.74) is -1.62. The van der Waals surface area contributed by atoms with Crippen molar-refractivity contribution < 1.29 is 13.6 Å². The zero-order chi connectivity index (χ0) is 11.6. The van der Waals surface area contributed by atoms with E-state index in [9.17, 15) is 13.6 Å². The Morgan fingerprint density at radius 2 is 2.20 bits per heavy atom. The number of pyridine rings is 1. The zero-order valence-corrected chi connectivity index (χ0v) is 8.48. The Morgan fingerprint density at radius 1 is 1.60 bits per heavy atom. The summed E-state index contributed by atoms with van der Waals surface area (Å²) in [6.45, 7) is 0. The molecule has 0 unspecified atom stereocenters. The molecule has 7 heteroatoms. The number of carbonyl (C=O) groups is 1. The van der Waals surface area contributed by atoms with Crippen molar-refractivity contribution in [3.8, 4) is 6.07 Å². The van der Waals surface area contributed by atoms with Crippen LogP contribution in [-0.4, -0.2) is 10.2 Å². The van der Waals surface area contributed by atoms with E-state index in [4.69, 9.17) is 28.5 Å². The van der Waals surface area contributed by atoms with Gasteiger partial charge in [0.05, 0.1) is 10.6 Å². The van der Waals surface area contributed by atoms with Gasteiger partial charge in [-0.1, -0.05) is 11.6 Å². The van der Waals surface area contributed by atoms with Gasteiger partial charge in [0.2, 0.25) is 0 Å². The van der Waals surface area contributed by atoms with Gasteiger partial charge in [-0.15, -0.1) is 0 Å². The van der Waals surface area contributed by atoms with Gasteiger partial charge in [0.1, 0.15) is 11.8 Å². The van der Waals surface area contributed by atoms with Gasteiger partial charge >= 0.3 is 0 Å². The molecule has 15 heavy (non-hydrogen) atoms. The van der Waals surface area contributed by atoms with E-state index in [-0.39, 0.29) is 5.69 Å². The number of hydrogen-bond donors (Lipinski definition) is 0. The molecule has 0 bridgehead atoms. The molecule has 0 saturated carbocycles. The van der Waals surface area contributed by atoms with E-state index >= 15 is 0 Å². The maximum absolute atomic E-state index is 12.4. The smallest absolute Gasteiger partial charge is 0.270 e. The Morgan fingerprint density at radius 3 is 2.60 bits per heavy atom. The molecule has 0 amide bonds. The Labute approximate surface area is 93.2 Å². The van der Waals surface area contributed by atoms with Gasteiger partial charge in [0.15, 0.2) is 5.69 Å². The highest BCUT2D eigenvalue weighted by molar-refractivity contribution is 6.67. The van der Waals surface area contributed by atoms with Crippen LogP contribution >= 0.6 is 23.2 Å². The van der Waals surface area contributed by atoms with Crippen molar-refractivity contribution in [3.63, 3.8) is 0 Å². The van der Waals surface area contributed by atoms with Crippen molar-refractivity contribution in [2.24, 2.45) is 0 Å². The van der Waals surface area contributed by atoms with Crippen molar-refractivity contribution >= 4 is 28.4 Å². The van der Waals surface area contributed by atoms with Gasteiger partial charge in [-0.3, -0.25) is 4.79 Å². The van der Waals surface area contributed by atoms with Crippen LogP contribution in [0.15, 0.2) is 6.07 Å². The number of nitriles is 1. The van der Waals surface area contributed by atoms with E-state index in [1.165, 1.54) is 6.07 Å². The topological polar surface area (TPSA) is 53.8 Å². The van der Waals surface area contributed by atoms with Crippen LogP contribution in [0.1, 0.15) is 28.2 Å². The van der Waals surface area contributed by atoms with Crippen LogP contribution in [-0.2, 0) is 0 Å². The Hall–Kier alpha value is -1.25. The minimum absolute atomic E-state index is 0.331. The number of hydrogen-bond acceptors (Lipinski definition) is 3. The molecule has 3 nitrogen and oxygen atoms in total. The van der Waals surface area contributed by atoms with Crippen molar-refractivity contribution in [1.82, 2.24) is 4.98 Å². The summed E-state index contributed by atoms with van der Waals surface area (Å²) in [7, 11) is 0. The molecule has 0 radical (unpaired) electrons. The fraction of sp³-hybridized carbons (Fsp3) is 0.125. The molecule has 78 valence electrons. The molecule has 0 fully saturated rings. The first kappa shape index (κ1) is 11.8. The van der Waals surface area contributed by atoms with Crippen molar-refractivity contribution in [2.45, 2.75) is 6.43 Å². The molecule has 0 atom stereocenters. The highest BCUT2D eigenvalue weighted by Crippen LogP contribution is 2.29. The third-order valence-electron chi connectivity index (χ3n) is 1.53. The van der Waals surface area contributed by atoms with Crippen molar-refractivity contribution in [2.75, 3.05) is 0 Å². The quantitative estimate of drug-likeness (QED) is 0.759. The number of nitrogens with zero attached hydrogens (tertiary/aromatic N) is 2. The summed E-state index contributed by atoms with van der Waals surface area (Å²) >= 11 is 10.5. The summed E-state index contributed by atoms with van der Waals surface area (Å²) in [5.74, 6) is 0. The predicted octanol–water partition coefficient (Wildman–Crippen LogP) is 2.92. The summed E-state index contributed by atoms with van der Waals surface area (Å²) < 4.78 is 24.8. The lowest BCUT2D eigenvalue weighted by molar-refractivity contribution is 0.107. The molecule has 0 N–H and O–H groups in total. The van der Waals surface area contributed by atoms with Crippen LogP contribution in [0.3, 0.4) is 0 Å². The molecular weight excluding hydrogens is 249 g/mol. The zero-order valence-electron chi connectivity index (χ0n) is 6.97. The maximum atomic E-state index is 12.4. The molecule has 1 aromatic heterocycles. The lowest BCUT2D eigenvalue weighted by Gasteiger charge is -2.05. The Kier molecular flexibility index (Phi) is 3.56. The van der Waals surface area contributed by atoms with Crippen LogP contribution in [0.2, 0.25) is 5.02 Å². The second-order valence-electron chi connectivity index (χ2n) is 2.44. The molecule has 0 aromatic carbocycles. The fourth-order valence-corrected chi connectivity index (χ4v) is 1.29. The number of alkyl halides is 2. The SMILES string of the molecule is N#Cc1nc(C(=O)Cl)cc(Cl)c1C(F)F. The molecule has 0 saturated heterocycles. The van der Waals surface area contributed by atoms with E-state index in [0.29, 0.717) is 0 Å². The van der Waals surface area contributed by atoms with E-state index in [2.05, 4.69) is 4.98 Å². The average Bonchev–Trinajstić information content (AvgIpc) is 2.15. The van der Waals surface area contributed by atoms with Gasteiger partial charge in [-0.2, -0.15) is 5.26 Å². The van der Waals surface area contributed by atoms with Crippen LogP contribution in [0, 0.1) is 11.3 Å². The molecule has 0 aliphatic rings. The minimum atomic E-state index is -2.93. The number of rotatable bonds is 2. The van der Waals surface area contributed by atoms with Gasteiger partial charge in [0, 0.05) is 0 Å². The van der Waals surface area contributed by atoms with Gasteiger partial charge < -0.3 is 0 Å². The predicted molar refractivity (Wildman–Crippen MR) is 49.1 cm³/mol. The van der Waals surface area contributed by atoms with Crippen LogP contribution < -0.4 is 0 Å². The number of carbonyl (C=O) groups excluding carboxylic acids is 1. The first-order valence-electron chi connectivity index (χ1n) is 3.56. The molecule has 0 aliphatic carbocycles. The minimum Gasteiger partial charge on any atom is -0.274 e. The molecule has 1 rings (SSSR count). The Bertz CT molecular complexity index is 457. The van der Waals surface area contributed by atoms with Crippen molar-refractivity contribution in [3.05, 3.63) is 28.0 Å². The number of halogens is 4. The second-order valence-corrected chi connectivity index (χ2v) is 3.19. The lowest BCUT2D eigenvalue weighted by atomic mass is 10.2. The molecular formula is C8H2Cl2F2N2O. The monoisotopic (exact) mass is 250 g/mol. The maximum Gasteiger partial charge on any atom is 0.270 e. The van der Waals surface area contributed by atoms with E-state index in [1.807, 2.05) is 0 Å². The van der Waals surface area contributed by atoms with Gasteiger partial charge in [-0.05, 0) is 17.7 Å². The van der Waals surface area contributed by atoms with Crippen LogP contribution in [0.25, 0.3) is 0 Å². The van der Waals surface area contributed by atoms with Gasteiger partial charge in [0.25, 0.3) is 11.7 Å². The second kappa shape index (κ2) is 4.51. The standard InChI is InChI=1S/C8H2Cl2F2N2O/c9-3-1-4(7(10)15)14-5(2-13)6(3)8(11)12/h1,8H. The normalized spacial score (nSPS) is 10.1. The first-order valence-corrected chi connectivity index (χ1v) is 4.31. The molecule has 0 aliphatic heterocycles. The van der Waals surface area contributed by atoms with E-state index in [0.717, 1.165) is 6.07 Å². The van der Waals surface area contributed by atoms with Crippen molar-refractivity contribution in [1.29, 1.82) is 5.26 Å². The largest absolute Gasteiger partial charge is 0.274 e. The summed E-state index contributed by atoms with van der Waals surface area (Å²) in [6.07, 6.45) is -2.93. The summed E-state index contributed by atoms with van der Waals surface area (Å²) in [5, 5.41) is 7.17. The highest BCUT2D eigenvalue weighted by Gasteiger charge is 2.21.